The molecular formula is C13H27N3OS. The first-order valence-corrected chi connectivity index (χ1v) is 8.30. The smallest absolute Gasteiger partial charge is 0.317 e. The summed E-state index contributed by atoms with van der Waals surface area (Å²) in [6, 6.07) is 0.896. The maximum absolute atomic E-state index is 12.1. The highest BCUT2D eigenvalue weighted by Crippen LogP contribution is 2.15. The molecule has 2 amide bonds. The van der Waals surface area contributed by atoms with Crippen LogP contribution in [0.15, 0.2) is 0 Å². The highest BCUT2D eigenvalue weighted by molar-refractivity contribution is 7.98. The number of hydrogen-bond donors (Lipinski definition) is 1. The van der Waals surface area contributed by atoms with Gasteiger partial charge in [0.05, 0.1) is 0 Å². The molecule has 0 aromatic rings. The number of thioether (sulfide) groups is 1. The number of likely N-dealkylation sites (tertiary alicyclic amines) is 1. The van der Waals surface area contributed by atoms with Crippen molar-refractivity contribution >= 4 is 17.8 Å². The predicted molar refractivity (Wildman–Crippen MR) is 79.3 cm³/mol. The van der Waals surface area contributed by atoms with Crippen molar-refractivity contribution in [3.8, 4) is 0 Å². The lowest BCUT2D eigenvalue weighted by molar-refractivity contribution is 0.191. The van der Waals surface area contributed by atoms with Gasteiger partial charge in [-0.3, -0.25) is 4.90 Å². The second-order valence-corrected chi connectivity index (χ2v) is 5.83. The first-order chi connectivity index (χ1) is 8.62. The molecule has 1 saturated heterocycles. The molecule has 5 heteroatoms. The summed E-state index contributed by atoms with van der Waals surface area (Å²) in [7, 11) is 0. The summed E-state index contributed by atoms with van der Waals surface area (Å²) in [6.45, 7) is 10.3. The Bertz CT molecular complexity index is 259. The SMILES string of the molecule is CCN(CC)[C@@H]1CCN(C(=O)N[C@@H](C)CSC)C1. The number of amides is 2. The van der Waals surface area contributed by atoms with Gasteiger partial charge in [0, 0.05) is 30.9 Å². The lowest BCUT2D eigenvalue weighted by Crippen LogP contribution is -2.45. The van der Waals surface area contributed by atoms with Crippen LogP contribution in [0, 0.1) is 0 Å². The molecule has 0 aliphatic carbocycles. The van der Waals surface area contributed by atoms with Crippen molar-refractivity contribution in [2.45, 2.75) is 39.3 Å². The van der Waals surface area contributed by atoms with Crippen LogP contribution >= 0.6 is 11.8 Å². The Morgan fingerprint density at radius 2 is 2.17 bits per heavy atom. The number of nitrogens with zero attached hydrogens (tertiary/aromatic N) is 2. The zero-order chi connectivity index (χ0) is 13.5. The lowest BCUT2D eigenvalue weighted by atomic mass is 10.2. The minimum atomic E-state index is 0.103. The molecule has 1 rings (SSSR count). The Balaban J connectivity index is 2.38. The third-order valence-electron chi connectivity index (χ3n) is 3.57. The minimum absolute atomic E-state index is 0.103. The Hall–Kier alpha value is -0.420. The number of carbonyl (C=O) groups is 1. The quantitative estimate of drug-likeness (QED) is 0.802. The van der Waals surface area contributed by atoms with Crippen LogP contribution in [0.2, 0.25) is 0 Å². The highest BCUT2D eigenvalue weighted by atomic mass is 32.2. The zero-order valence-electron chi connectivity index (χ0n) is 12.1. The van der Waals surface area contributed by atoms with E-state index in [4.69, 9.17) is 0 Å². The van der Waals surface area contributed by atoms with E-state index in [1.807, 2.05) is 4.90 Å². The van der Waals surface area contributed by atoms with Gasteiger partial charge in [-0.05, 0) is 32.7 Å². The summed E-state index contributed by atoms with van der Waals surface area (Å²) in [5, 5.41) is 3.07. The molecule has 0 aromatic carbocycles. The molecule has 1 aliphatic rings. The Labute approximate surface area is 115 Å². The van der Waals surface area contributed by atoms with Gasteiger partial charge in [-0.25, -0.2) is 4.79 Å². The van der Waals surface area contributed by atoms with Crippen LogP contribution in [0.4, 0.5) is 4.79 Å². The summed E-state index contributed by atoms with van der Waals surface area (Å²) in [5.41, 5.74) is 0. The number of urea groups is 1. The molecule has 4 nitrogen and oxygen atoms in total. The molecule has 2 atom stereocenters. The third-order valence-corrected chi connectivity index (χ3v) is 4.40. The monoisotopic (exact) mass is 273 g/mol. The van der Waals surface area contributed by atoms with E-state index < -0.39 is 0 Å². The Morgan fingerprint density at radius 3 is 2.72 bits per heavy atom. The molecule has 1 fully saturated rings. The number of hydrogen-bond acceptors (Lipinski definition) is 3. The first kappa shape index (κ1) is 15.6. The van der Waals surface area contributed by atoms with E-state index in [0.29, 0.717) is 6.04 Å². The van der Waals surface area contributed by atoms with Gasteiger partial charge >= 0.3 is 6.03 Å². The van der Waals surface area contributed by atoms with E-state index in [-0.39, 0.29) is 12.1 Å². The van der Waals surface area contributed by atoms with Gasteiger partial charge in [0.2, 0.25) is 0 Å². The van der Waals surface area contributed by atoms with E-state index >= 15 is 0 Å². The topological polar surface area (TPSA) is 35.6 Å². The van der Waals surface area contributed by atoms with E-state index in [1.165, 1.54) is 0 Å². The summed E-state index contributed by atoms with van der Waals surface area (Å²) in [5.74, 6) is 0.971. The van der Waals surface area contributed by atoms with Gasteiger partial charge in [0.25, 0.3) is 0 Å². The van der Waals surface area contributed by atoms with Gasteiger partial charge in [-0.15, -0.1) is 0 Å². The van der Waals surface area contributed by atoms with E-state index in [1.54, 1.807) is 11.8 Å². The van der Waals surface area contributed by atoms with Crippen molar-refractivity contribution in [1.82, 2.24) is 15.1 Å². The standard InChI is InChI=1S/C13H27N3OS/c1-5-15(6-2)12-7-8-16(9-12)13(17)14-11(3)10-18-4/h11-12H,5-10H2,1-4H3,(H,14,17)/t11-,12+/m0/s1. The molecule has 1 heterocycles. The second kappa shape index (κ2) is 7.89. The molecule has 0 bridgehead atoms. The van der Waals surface area contributed by atoms with Gasteiger partial charge in [0.15, 0.2) is 0 Å². The van der Waals surface area contributed by atoms with Gasteiger partial charge in [0.1, 0.15) is 0 Å². The molecule has 0 unspecified atom stereocenters. The highest BCUT2D eigenvalue weighted by Gasteiger charge is 2.29. The van der Waals surface area contributed by atoms with Crippen molar-refractivity contribution in [2.24, 2.45) is 0 Å². The molecule has 18 heavy (non-hydrogen) atoms. The summed E-state index contributed by atoms with van der Waals surface area (Å²) in [6.07, 6.45) is 3.17. The minimum Gasteiger partial charge on any atom is -0.335 e. The molecule has 0 spiro atoms. The average molecular weight is 273 g/mol. The van der Waals surface area contributed by atoms with E-state index in [0.717, 1.165) is 38.4 Å². The summed E-state index contributed by atoms with van der Waals surface area (Å²) >= 11 is 1.77. The zero-order valence-corrected chi connectivity index (χ0v) is 12.9. The normalized spacial score (nSPS) is 21.4. The van der Waals surface area contributed by atoms with E-state index in [9.17, 15) is 4.79 Å². The molecule has 1 N–H and O–H groups in total. The fourth-order valence-electron chi connectivity index (χ4n) is 2.56. The molecular weight excluding hydrogens is 246 g/mol. The summed E-state index contributed by atoms with van der Waals surface area (Å²) in [4.78, 5) is 16.5. The second-order valence-electron chi connectivity index (χ2n) is 4.92. The summed E-state index contributed by atoms with van der Waals surface area (Å²) < 4.78 is 0. The molecule has 0 radical (unpaired) electrons. The number of carbonyl (C=O) groups excluding carboxylic acids is 1. The first-order valence-electron chi connectivity index (χ1n) is 6.90. The van der Waals surface area contributed by atoms with Crippen molar-refractivity contribution in [1.29, 1.82) is 0 Å². The maximum Gasteiger partial charge on any atom is 0.317 e. The fraction of sp³-hybridized carbons (Fsp3) is 0.923. The van der Waals surface area contributed by atoms with Crippen molar-refractivity contribution in [3.63, 3.8) is 0 Å². The van der Waals surface area contributed by atoms with Crippen LogP contribution in [-0.4, -0.2) is 66.1 Å². The Morgan fingerprint density at radius 1 is 1.50 bits per heavy atom. The molecule has 0 aromatic heterocycles. The van der Waals surface area contributed by atoms with Crippen molar-refractivity contribution in [2.75, 3.05) is 38.2 Å². The van der Waals surface area contributed by atoms with Crippen LogP contribution in [-0.2, 0) is 0 Å². The fourth-order valence-corrected chi connectivity index (χ4v) is 3.14. The molecule has 106 valence electrons. The third kappa shape index (κ3) is 4.35. The van der Waals surface area contributed by atoms with Crippen LogP contribution in [0.5, 0.6) is 0 Å². The van der Waals surface area contributed by atoms with Crippen molar-refractivity contribution in [3.05, 3.63) is 0 Å². The molecule has 1 aliphatic heterocycles. The van der Waals surface area contributed by atoms with Crippen LogP contribution in [0.1, 0.15) is 27.2 Å². The van der Waals surface area contributed by atoms with Crippen molar-refractivity contribution < 1.29 is 4.79 Å². The van der Waals surface area contributed by atoms with E-state index in [2.05, 4.69) is 37.2 Å². The predicted octanol–water partition coefficient (Wildman–Crippen LogP) is 1.86. The lowest BCUT2D eigenvalue weighted by Gasteiger charge is -2.26. The largest absolute Gasteiger partial charge is 0.335 e. The average Bonchev–Trinajstić information content (AvgIpc) is 2.80. The number of likely N-dealkylation sites (N-methyl/N-ethyl adjacent to an activating group) is 1. The molecule has 0 saturated carbocycles. The van der Waals surface area contributed by atoms with Crippen LogP contribution < -0.4 is 5.32 Å². The number of nitrogens with one attached hydrogen (secondary N) is 1. The van der Waals surface area contributed by atoms with Crippen LogP contribution in [0.25, 0.3) is 0 Å². The Kier molecular flexibility index (Phi) is 6.86. The number of rotatable bonds is 6. The van der Waals surface area contributed by atoms with Crippen LogP contribution in [0.3, 0.4) is 0 Å². The maximum atomic E-state index is 12.1. The van der Waals surface area contributed by atoms with Gasteiger partial charge in [-0.1, -0.05) is 13.8 Å². The van der Waals surface area contributed by atoms with Gasteiger partial charge in [-0.2, -0.15) is 11.8 Å². The van der Waals surface area contributed by atoms with Gasteiger partial charge < -0.3 is 10.2 Å².